The average Bonchev–Trinajstić information content (AvgIpc) is 3.41. The van der Waals surface area contributed by atoms with Crippen LogP contribution in [0.1, 0.15) is 45.3 Å². The Hall–Kier alpha value is -4.59. The van der Waals surface area contributed by atoms with E-state index >= 15 is 0 Å². The van der Waals surface area contributed by atoms with Crippen LogP contribution in [0.2, 0.25) is 0 Å². The summed E-state index contributed by atoms with van der Waals surface area (Å²) in [5.41, 5.74) is 5.65. The first-order chi connectivity index (χ1) is 19.1. The van der Waals surface area contributed by atoms with Gasteiger partial charge in [0.15, 0.2) is 11.5 Å². The van der Waals surface area contributed by atoms with Crippen molar-refractivity contribution in [3.05, 3.63) is 65.7 Å². The fraction of sp³-hybridized carbons (Fsp3) is 0.308. The topological polar surface area (TPSA) is 141 Å². The van der Waals surface area contributed by atoms with Gasteiger partial charge >= 0.3 is 6.18 Å². The largest absolute Gasteiger partial charge is 0.494 e. The second-order valence-corrected chi connectivity index (χ2v) is 9.14. The number of piperazine rings is 1. The summed E-state index contributed by atoms with van der Waals surface area (Å²) >= 11 is 0. The smallest absolute Gasteiger partial charge is 0.433 e. The zero-order valence-electron chi connectivity index (χ0n) is 21.5. The molecule has 4 aromatic rings. The van der Waals surface area contributed by atoms with E-state index in [9.17, 15) is 22.8 Å². The van der Waals surface area contributed by atoms with Crippen LogP contribution in [0.3, 0.4) is 0 Å². The molecule has 0 spiro atoms. The van der Waals surface area contributed by atoms with E-state index in [-0.39, 0.29) is 60.7 Å². The van der Waals surface area contributed by atoms with E-state index in [2.05, 4.69) is 19.9 Å². The average molecular weight is 556 g/mol. The summed E-state index contributed by atoms with van der Waals surface area (Å²) in [5, 5.41) is 0.292. The van der Waals surface area contributed by atoms with Gasteiger partial charge < -0.3 is 24.7 Å². The van der Waals surface area contributed by atoms with Gasteiger partial charge in [0.25, 0.3) is 11.8 Å². The summed E-state index contributed by atoms with van der Waals surface area (Å²) in [5.74, 6) is -0.407. The fourth-order valence-corrected chi connectivity index (χ4v) is 4.46. The normalized spacial score (nSPS) is 14.8. The number of hydrogen-bond donors (Lipinski definition) is 1. The predicted octanol–water partition coefficient (Wildman–Crippen LogP) is 3.33. The van der Waals surface area contributed by atoms with Gasteiger partial charge in [-0.1, -0.05) is 0 Å². The third-order valence-corrected chi connectivity index (χ3v) is 6.49. The molecule has 1 aliphatic rings. The van der Waals surface area contributed by atoms with E-state index in [4.69, 9.17) is 14.9 Å². The van der Waals surface area contributed by atoms with Crippen LogP contribution < -0.4 is 10.5 Å². The van der Waals surface area contributed by atoms with Crippen molar-refractivity contribution in [2.45, 2.75) is 19.1 Å². The standard InChI is InChI=1S/C26H24F3N7O4/c1-14(30)22-21(25(38)36-9-7-35(8-10-36)24(37)15-11-31-13-32-12-15)34-23(40-22)17-3-5-18(39-2)20-16(17)4-6-19(33-20)26(27,28)29/h3-6,11-14H,7-10,30H2,1-2H3/t14-/m0/s1. The van der Waals surface area contributed by atoms with Gasteiger partial charge in [0.2, 0.25) is 5.89 Å². The number of ether oxygens (including phenoxy) is 1. The minimum atomic E-state index is -4.65. The zero-order valence-corrected chi connectivity index (χ0v) is 21.5. The molecule has 2 N–H and O–H groups in total. The lowest BCUT2D eigenvalue weighted by Gasteiger charge is -2.34. The molecule has 14 heteroatoms. The van der Waals surface area contributed by atoms with Crippen molar-refractivity contribution in [1.82, 2.24) is 29.7 Å². The van der Waals surface area contributed by atoms with Crippen molar-refractivity contribution in [2.24, 2.45) is 5.73 Å². The number of fused-ring (bicyclic) bond motifs is 1. The van der Waals surface area contributed by atoms with E-state index in [0.29, 0.717) is 16.5 Å². The van der Waals surface area contributed by atoms with Crippen molar-refractivity contribution in [3.8, 4) is 17.2 Å². The molecular weight excluding hydrogens is 531 g/mol. The van der Waals surface area contributed by atoms with E-state index in [1.807, 2.05) is 0 Å². The first-order valence-corrected chi connectivity index (χ1v) is 12.2. The number of nitrogens with two attached hydrogens (primary N) is 1. The molecule has 11 nitrogen and oxygen atoms in total. The van der Waals surface area contributed by atoms with Gasteiger partial charge in [0, 0.05) is 49.5 Å². The van der Waals surface area contributed by atoms with E-state index in [1.165, 1.54) is 38.0 Å². The lowest BCUT2D eigenvalue weighted by Crippen LogP contribution is -2.50. The van der Waals surface area contributed by atoms with Crippen molar-refractivity contribution >= 4 is 22.7 Å². The Balaban J connectivity index is 1.44. The maximum atomic E-state index is 13.5. The summed E-state index contributed by atoms with van der Waals surface area (Å²) in [6.07, 6.45) is -0.452. The van der Waals surface area contributed by atoms with E-state index in [0.717, 1.165) is 6.07 Å². The lowest BCUT2D eigenvalue weighted by molar-refractivity contribution is -0.140. The van der Waals surface area contributed by atoms with E-state index < -0.39 is 23.8 Å². The number of amides is 2. The van der Waals surface area contributed by atoms with Crippen LogP contribution in [0.15, 0.2) is 47.4 Å². The summed E-state index contributed by atoms with van der Waals surface area (Å²) in [7, 11) is 1.33. The number of methoxy groups -OCH3 is 1. The van der Waals surface area contributed by atoms with Gasteiger partial charge in [0.05, 0.1) is 18.7 Å². The second kappa shape index (κ2) is 10.5. The van der Waals surface area contributed by atoms with Crippen LogP contribution >= 0.6 is 0 Å². The quantitative estimate of drug-likeness (QED) is 0.393. The highest BCUT2D eigenvalue weighted by Gasteiger charge is 2.34. The number of carbonyl (C=O) groups excluding carboxylic acids is 2. The molecule has 3 aromatic heterocycles. The summed E-state index contributed by atoms with van der Waals surface area (Å²) in [6, 6.07) is 4.43. The molecule has 1 atom stereocenters. The Morgan fingerprint density at radius 1 is 1.00 bits per heavy atom. The fourth-order valence-electron chi connectivity index (χ4n) is 4.46. The Labute approximate surface area is 225 Å². The van der Waals surface area contributed by atoms with Crippen molar-refractivity contribution in [3.63, 3.8) is 0 Å². The Morgan fingerprint density at radius 3 is 2.25 bits per heavy atom. The van der Waals surface area contributed by atoms with Crippen molar-refractivity contribution < 1.29 is 31.9 Å². The van der Waals surface area contributed by atoms with Gasteiger partial charge in [-0.2, -0.15) is 13.2 Å². The molecule has 208 valence electrons. The van der Waals surface area contributed by atoms with Crippen LogP contribution in [-0.4, -0.2) is 74.8 Å². The second-order valence-electron chi connectivity index (χ2n) is 9.14. The number of pyridine rings is 1. The molecule has 1 saturated heterocycles. The SMILES string of the molecule is COc1ccc(-c2nc(C(=O)N3CCN(C(=O)c4cncnc4)CC3)c([C@H](C)N)o2)c2ccc(C(F)(F)F)nc12. The Kier molecular flexibility index (Phi) is 7.10. The van der Waals surface area contributed by atoms with Crippen molar-refractivity contribution in [2.75, 3.05) is 33.3 Å². The lowest BCUT2D eigenvalue weighted by atomic mass is 10.1. The number of rotatable bonds is 5. The van der Waals surface area contributed by atoms with Gasteiger partial charge in [0.1, 0.15) is 23.3 Å². The molecule has 0 bridgehead atoms. The van der Waals surface area contributed by atoms with Gasteiger partial charge in [-0.05, 0) is 31.2 Å². The minimum Gasteiger partial charge on any atom is -0.494 e. The molecule has 40 heavy (non-hydrogen) atoms. The Morgan fingerprint density at radius 2 is 1.65 bits per heavy atom. The molecule has 5 rings (SSSR count). The van der Waals surface area contributed by atoms with Crippen LogP contribution in [0, 0.1) is 0 Å². The van der Waals surface area contributed by atoms with Crippen molar-refractivity contribution in [1.29, 1.82) is 0 Å². The van der Waals surface area contributed by atoms with Gasteiger partial charge in [-0.3, -0.25) is 9.59 Å². The molecule has 2 amide bonds. The maximum absolute atomic E-state index is 13.5. The van der Waals surface area contributed by atoms with Crippen LogP contribution in [0.25, 0.3) is 22.4 Å². The monoisotopic (exact) mass is 555 g/mol. The highest BCUT2D eigenvalue weighted by Crippen LogP contribution is 2.37. The molecule has 1 aromatic carbocycles. The number of carbonyl (C=O) groups is 2. The first-order valence-electron chi connectivity index (χ1n) is 12.2. The molecule has 4 heterocycles. The van der Waals surface area contributed by atoms with Crippen LogP contribution in [0.4, 0.5) is 13.2 Å². The predicted molar refractivity (Wildman–Crippen MR) is 135 cm³/mol. The Bertz CT molecular complexity index is 1570. The molecule has 0 unspecified atom stereocenters. The van der Waals surface area contributed by atoms with Crippen LogP contribution in [-0.2, 0) is 6.18 Å². The number of halogens is 3. The number of oxazole rings is 1. The highest BCUT2D eigenvalue weighted by molar-refractivity contribution is 5.98. The molecule has 1 fully saturated rings. The molecule has 0 saturated carbocycles. The number of hydrogen-bond acceptors (Lipinski definition) is 9. The highest BCUT2D eigenvalue weighted by atomic mass is 19.4. The third-order valence-electron chi connectivity index (χ3n) is 6.49. The van der Waals surface area contributed by atoms with Gasteiger partial charge in [-0.25, -0.2) is 19.9 Å². The zero-order chi connectivity index (χ0) is 28.6. The molecule has 0 radical (unpaired) electrons. The van der Waals surface area contributed by atoms with Gasteiger partial charge in [-0.15, -0.1) is 0 Å². The minimum absolute atomic E-state index is 0.00255. The number of alkyl halides is 3. The number of benzene rings is 1. The summed E-state index contributed by atoms with van der Waals surface area (Å²) in [4.78, 5) is 45.3. The third kappa shape index (κ3) is 5.04. The molecular formula is C26H24F3N7O4. The summed E-state index contributed by atoms with van der Waals surface area (Å²) < 4.78 is 51.1. The summed E-state index contributed by atoms with van der Waals surface area (Å²) in [6.45, 7) is 2.69. The van der Waals surface area contributed by atoms with Crippen LogP contribution in [0.5, 0.6) is 5.75 Å². The maximum Gasteiger partial charge on any atom is 0.433 e. The molecule has 1 aliphatic heterocycles. The molecule has 0 aliphatic carbocycles. The van der Waals surface area contributed by atoms with E-state index in [1.54, 1.807) is 22.8 Å². The number of nitrogens with zero attached hydrogens (tertiary/aromatic N) is 6. The first kappa shape index (κ1) is 27.0. The number of aromatic nitrogens is 4.